The van der Waals surface area contributed by atoms with E-state index in [-0.39, 0.29) is 5.41 Å². The average Bonchev–Trinajstić information content (AvgIpc) is 3.53. The summed E-state index contributed by atoms with van der Waals surface area (Å²) in [7, 11) is 2.38. The molecule has 3 saturated heterocycles. The molecular formula is C38H57N3O. The Morgan fingerprint density at radius 2 is 1.74 bits per heavy atom. The zero-order chi connectivity index (χ0) is 28.9. The average molecular weight is 572 g/mol. The highest BCUT2D eigenvalue weighted by Crippen LogP contribution is 2.86. The topological polar surface area (TPSA) is 38.7 Å². The van der Waals surface area contributed by atoms with Gasteiger partial charge < -0.3 is 10.4 Å². The molecule has 1 aromatic rings. The molecule has 10 rings (SSSR count). The van der Waals surface area contributed by atoms with Gasteiger partial charge in [0.25, 0.3) is 0 Å². The maximum absolute atomic E-state index is 10.6. The van der Waals surface area contributed by atoms with E-state index in [9.17, 15) is 5.11 Å². The van der Waals surface area contributed by atoms with Gasteiger partial charge in [0.05, 0.1) is 0 Å². The lowest BCUT2D eigenvalue weighted by Gasteiger charge is -2.61. The Labute approximate surface area is 255 Å². The molecule has 3 aliphatic heterocycles. The molecule has 0 amide bonds. The maximum atomic E-state index is 10.6. The SMILES string of the molecule is C[C@@H]1C[C@H](C)[C@H]2C[C@@H](NCC[C@@]34c5cc(O)ccc5CC56C(C53)N(C)[C@H]6[C@@H]4C)C[C@@H]1N2CC[C@@H]1CC[C@H]2C[C@@H]1C2(C)C. The van der Waals surface area contributed by atoms with Crippen molar-refractivity contribution in [3.8, 4) is 5.75 Å². The third-order valence-electron chi connectivity index (χ3n) is 16.4. The van der Waals surface area contributed by atoms with E-state index in [0.717, 1.165) is 66.2 Å². The van der Waals surface area contributed by atoms with Crippen LogP contribution in [-0.4, -0.2) is 65.3 Å². The zero-order valence-corrected chi connectivity index (χ0v) is 27.3. The fraction of sp³-hybridized carbons (Fsp3) is 0.842. The number of fused-ring (bicyclic) bond motifs is 6. The standard InChI is InChI=1S/C38H57N3O/c1-21-15-22(2)32-18-27(17-31(21)41(32)14-11-24-7-9-26-16-29(24)36(26,4)5)39-13-12-37-23(3)34-38(33(37)35(38)40(34)6)20-25-8-10-28(42)19-30(25)37/h8,10,19,21-24,26-27,29,31-35,39,42H,7,9,11-18,20H2,1-6H3/t21-,22+,23-,24-,26-,27+,29-,31+,32-,33?,34-,35?,37+,38?/m0/s1. The van der Waals surface area contributed by atoms with Crippen molar-refractivity contribution < 1.29 is 5.11 Å². The van der Waals surface area contributed by atoms with Gasteiger partial charge in [0.2, 0.25) is 0 Å². The molecule has 6 aliphatic carbocycles. The molecule has 2 N–H and O–H groups in total. The summed E-state index contributed by atoms with van der Waals surface area (Å²) in [5.41, 5.74) is 4.44. The van der Waals surface area contributed by atoms with Gasteiger partial charge in [0.15, 0.2) is 0 Å². The fourth-order valence-corrected chi connectivity index (χ4v) is 14.6. The minimum absolute atomic E-state index is 0.243. The van der Waals surface area contributed by atoms with Crippen LogP contribution in [-0.2, 0) is 11.8 Å². The fourth-order valence-electron chi connectivity index (χ4n) is 14.6. The summed E-state index contributed by atoms with van der Waals surface area (Å²) in [5, 5.41) is 14.8. The molecule has 4 heteroatoms. The van der Waals surface area contributed by atoms with Gasteiger partial charge in [-0.3, -0.25) is 9.80 Å². The smallest absolute Gasteiger partial charge is 0.115 e. The van der Waals surface area contributed by atoms with Gasteiger partial charge in [-0.2, -0.15) is 0 Å². The highest BCUT2D eigenvalue weighted by molar-refractivity contribution is 5.57. The second-order valence-corrected chi connectivity index (χ2v) is 17.9. The molecular weight excluding hydrogens is 514 g/mol. The van der Waals surface area contributed by atoms with E-state index >= 15 is 0 Å². The van der Waals surface area contributed by atoms with Crippen LogP contribution in [0.3, 0.4) is 0 Å². The number of benzene rings is 1. The molecule has 3 heterocycles. The predicted molar refractivity (Wildman–Crippen MR) is 170 cm³/mol. The van der Waals surface area contributed by atoms with Crippen molar-refractivity contribution >= 4 is 0 Å². The van der Waals surface area contributed by atoms with Gasteiger partial charge in [-0.15, -0.1) is 0 Å². The van der Waals surface area contributed by atoms with E-state index in [4.69, 9.17) is 0 Å². The zero-order valence-electron chi connectivity index (χ0n) is 27.3. The number of hydrogen-bond donors (Lipinski definition) is 2. The number of phenolic OH excluding ortho intramolecular Hbond substituents is 1. The van der Waals surface area contributed by atoms with Crippen LogP contribution >= 0.6 is 0 Å². The predicted octanol–water partition coefficient (Wildman–Crippen LogP) is 6.45. The lowest BCUT2D eigenvalue weighted by atomic mass is 9.45. The summed E-state index contributed by atoms with van der Waals surface area (Å²) in [6.45, 7) is 15.3. The van der Waals surface area contributed by atoms with Crippen LogP contribution in [0.4, 0.5) is 0 Å². The lowest BCUT2D eigenvalue weighted by molar-refractivity contribution is -0.113. The molecule has 14 atom stereocenters. The molecule has 230 valence electrons. The van der Waals surface area contributed by atoms with Crippen LogP contribution in [0.2, 0.25) is 0 Å². The summed E-state index contributed by atoms with van der Waals surface area (Å²) in [6, 6.07) is 10.1. The van der Waals surface area contributed by atoms with E-state index in [0.29, 0.717) is 28.5 Å². The maximum Gasteiger partial charge on any atom is 0.115 e. The molecule has 3 unspecified atom stereocenters. The number of nitrogens with one attached hydrogen (secondary N) is 1. The number of phenols is 1. The first-order valence-corrected chi connectivity index (χ1v) is 18.1. The van der Waals surface area contributed by atoms with Crippen LogP contribution < -0.4 is 5.32 Å². The second-order valence-electron chi connectivity index (χ2n) is 17.9. The minimum atomic E-state index is 0.243. The van der Waals surface area contributed by atoms with Gasteiger partial charge in [-0.1, -0.05) is 40.7 Å². The highest BCUT2D eigenvalue weighted by Gasteiger charge is 2.91. The molecule has 5 saturated carbocycles. The number of rotatable bonds is 7. The van der Waals surface area contributed by atoms with Gasteiger partial charge in [-0.05, 0) is 148 Å². The third-order valence-corrected chi connectivity index (χ3v) is 16.4. The van der Waals surface area contributed by atoms with Gasteiger partial charge >= 0.3 is 0 Å². The van der Waals surface area contributed by atoms with Crippen molar-refractivity contribution in [1.82, 2.24) is 15.1 Å². The molecule has 8 fully saturated rings. The van der Waals surface area contributed by atoms with E-state index in [1.807, 2.05) is 6.07 Å². The van der Waals surface area contributed by atoms with Crippen LogP contribution in [0.1, 0.15) is 97.1 Å². The normalized spacial score (nSPS) is 52.6. The Bertz CT molecular complexity index is 1260. The van der Waals surface area contributed by atoms with E-state index in [1.54, 1.807) is 5.56 Å². The van der Waals surface area contributed by atoms with Gasteiger partial charge in [0.1, 0.15) is 5.75 Å². The first-order valence-electron chi connectivity index (χ1n) is 18.1. The summed E-state index contributed by atoms with van der Waals surface area (Å²) < 4.78 is 0. The second kappa shape index (κ2) is 8.79. The van der Waals surface area contributed by atoms with Crippen molar-refractivity contribution in [2.75, 3.05) is 20.1 Å². The number of nitrogens with zero attached hydrogens (tertiary/aromatic N) is 2. The van der Waals surface area contributed by atoms with Crippen LogP contribution in [0.5, 0.6) is 5.75 Å². The molecule has 0 aromatic heterocycles. The van der Waals surface area contributed by atoms with Crippen LogP contribution in [0.25, 0.3) is 0 Å². The summed E-state index contributed by atoms with van der Waals surface area (Å²) in [4.78, 5) is 5.75. The molecule has 9 aliphatic rings. The number of aromatic hydroxyl groups is 1. The number of piperidine rings is 3. The van der Waals surface area contributed by atoms with Crippen molar-refractivity contribution in [3.05, 3.63) is 29.3 Å². The summed E-state index contributed by atoms with van der Waals surface area (Å²) in [6.07, 6.45) is 12.5. The van der Waals surface area contributed by atoms with Crippen LogP contribution in [0, 0.1) is 52.3 Å². The van der Waals surface area contributed by atoms with Crippen molar-refractivity contribution in [2.45, 2.75) is 128 Å². The summed E-state index contributed by atoms with van der Waals surface area (Å²) in [5.74, 6) is 6.53. The molecule has 42 heavy (non-hydrogen) atoms. The Morgan fingerprint density at radius 3 is 2.45 bits per heavy atom. The lowest BCUT2D eigenvalue weighted by Crippen LogP contribution is -2.62. The molecule has 6 bridgehead atoms. The van der Waals surface area contributed by atoms with E-state index in [2.05, 4.69) is 68.9 Å². The minimum Gasteiger partial charge on any atom is -0.508 e. The molecule has 4 nitrogen and oxygen atoms in total. The van der Waals surface area contributed by atoms with Gasteiger partial charge in [0, 0.05) is 41.0 Å². The number of hydrogen-bond acceptors (Lipinski definition) is 4. The highest BCUT2D eigenvalue weighted by atomic mass is 16.3. The molecule has 0 radical (unpaired) electrons. The first-order chi connectivity index (χ1) is 20.1. The number of likely N-dealkylation sites (tertiary alicyclic amines) is 1. The van der Waals surface area contributed by atoms with Crippen molar-refractivity contribution in [3.63, 3.8) is 0 Å². The quantitative estimate of drug-likeness (QED) is 0.394. The van der Waals surface area contributed by atoms with Crippen molar-refractivity contribution in [1.29, 1.82) is 0 Å². The Morgan fingerprint density at radius 1 is 0.976 bits per heavy atom. The monoisotopic (exact) mass is 571 g/mol. The van der Waals surface area contributed by atoms with E-state index < -0.39 is 0 Å². The molecule has 1 spiro atoms. The molecule has 1 aromatic carbocycles. The first kappa shape index (κ1) is 27.2. The van der Waals surface area contributed by atoms with Crippen LogP contribution in [0.15, 0.2) is 18.2 Å². The van der Waals surface area contributed by atoms with Crippen molar-refractivity contribution in [2.24, 2.45) is 52.3 Å². The largest absolute Gasteiger partial charge is 0.508 e. The van der Waals surface area contributed by atoms with E-state index in [1.165, 1.54) is 69.9 Å². The Kier molecular flexibility index (Phi) is 5.70. The Balaban J connectivity index is 0.894. The Hall–Kier alpha value is -1.10. The third kappa shape index (κ3) is 3.21. The van der Waals surface area contributed by atoms with Gasteiger partial charge in [-0.25, -0.2) is 0 Å². The summed E-state index contributed by atoms with van der Waals surface area (Å²) >= 11 is 0.